The molecule has 3 aromatic rings. The topological polar surface area (TPSA) is 22.4 Å². The van der Waals surface area contributed by atoms with E-state index in [9.17, 15) is 0 Å². The maximum absolute atomic E-state index is 5.89. The van der Waals surface area contributed by atoms with Crippen LogP contribution in [0.25, 0.3) is 10.8 Å². The van der Waals surface area contributed by atoms with Crippen LogP contribution >= 0.6 is 0 Å². The smallest absolute Gasteiger partial charge is 0.118 e. The minimum absolute atomic E-state index is 0.804. The molecular weight excluding hydrogens is 236 g/mol. The molecule has 0 saturated carbocycles. The molecule has 1 aromatic heterocycles. The lowest BCUT2D eigenvalue weighted by Crippen LogP contribution is -1.88. The first-order chi connectivity index (χ1) is 9.28. The fraction of sp³-hybridized carbons (Fsp3) is 0.176. The summed E-state index contributed by atoms with van der Waals surface area (Å²) in [5, 5.41) is 2.40. The Morgan fingerprint density at radius 3 is 2.32 bits per heavy atom. The van der Waals surface area contributed by atoms with Crippen molar-refractivity contribution in [2.75, 3.05) is 7.11 Å². The minimum atomic E-state index is 0.804. The molecule has 0 aliphatic carbocycles. The fourth-order valence-corrected chi connectivity index (χ4v) is 2.39. The molecule has 0 amide bonds. The van der Waals surface area contributed by atoms with Crippen molar-refractivity contribution in [3.63, 3.8) is 0 Å². The molecule has 0 saturated heterocycles. The van der Waals surface area contributed by atoms with E-state index in [1.54, 1.807) is 7.11 Å². The monoisotopic (exact) mass is 252 g/mol. The van der Waals surface area contributed by atoms with Crippen LogP contribution in [0.5, 0.6) is 5.75 Å². The first kappa shape index (κ1) is 11.8. The van der Waals surface area contributed by atoms with Crippen LogP contribution in [0.3, 0.4) is 0 Å². The van der Waals surface area contributed by atoms with E-state index in [1.807, 2.05) is 25.1 Å². The van der Waals surface area contributed by atoms with Gasteiger partial charge >= 0.3 is 0 Å². The number of methoxy groups -OCH3 is 1. The normalized spacial score (nSPS) is 10.8. The molecule has 96 valence electrons. The molecule has 0 radical (unpaired) electrons. The Bertz CT molecular complexity index is 693. The maximum Gasteiger partial charge on any atom is 0.118 e. The minimum Gasteiger partial charge on any atom is -0.497 e. The predicted molar refractivity (Wildman–Crippen MR) is 76.8 cm³/mol. The molecular formula is C17H16O2. The van der Waals surface area contributed by atoms with Crippen molar-refractivity contribution in [2.45, 2.75) is 13.3 Å². The Morgan fingerprint density at radius 2 is 1.63 bits per heavy atom. The molecule has 2 heteroatoms. The molecule has 0 unspecified atom stereocenters. The lowest BCUT2D eigenvalue weighted by molar-refractivity contribution is 0.414. The number of benzene rings is 2. The summed E-state index contributed by atoms with van der Waals surface area (Å²) < 4.78 is 11.1. The zero-order valence-corrected chi connectivity index (χ0v) is 11.1. The second-order valence-corrected chi connectivity index (χ2v) is 4.65. The SMILES string of the molecule is COc1ccc(Cc2oc(C)c3ccccc23)cc1. The third-order valence-electron chi connectivity index (χ3n) is 3.41. The summed E-state index contributed by atoms with van der Waals surface area (Å²) in [6, 6.07) is 16.4. The third kappa shape index (κ3) is 2.22. The third-order valence-corrected chi connectivity index (χ3v) is 3.41. The lowest BCUT2D eigenvalue weighted by atomic mass is 10.1. The van der Waals surface area contributed by atoms with Crippen molar-refractivity contribution in [2.24, 2.45) is 0 Å². The number of rotatable bonds is 3. The quantitative estimate of drug-likeness (QED) is 0.691. The highest BCUT2D eigenvalue weighted by atomic mass is 16.5. The Balaban J connectivity index is 1.96. The zero-order chi connectivity index (χ0) is 13.2. The van der Waals surface area contributed by atoms with Crippen molar-refractivity contribution < 1.29 is 9.15 Å². The average molecular weight is 252 g/mol. The van der Waals surface area contributed by atoms with E-state index in [4.69, 9.17) is 9.15 Å². The molecule has 0 spiro atoms. The van der Waals surface area contributed by atoms with Gasteiger partial charge in [-0.1, -0.05) is 36.4 Å². The second-order valence-electron chi connectivity index (χ2n) is 4.65. The van der Waals surface area contributed by atoms with Gasteiger partial charge in [0.05, 0.1) is 7.11 Å². The Labute approximate surface area is 112 Å². The highest BCUT2D eigenvalue weighted by molar-refractivity contribution is 5.86. The molecule has 3 rings (SSSR count). The van der Waals surface area contributed by atoms with Crippen LogP contribution in [0, 0.1) is 6.92 Å². The van der Waals surface area contributed by atoms with Crippen LogP contribution in [0.2, 0.25) is 0 Å². The van der Waals surface area contributed by atoms with E-state index in [1.165, 1.54) is 16.3 Å². The Hall–Kier alpha value is -2.22. The standard InChI is InChI=1S/C17H16O2/c1-12-15-5-3-4-6-16(15)17(19-12)11-13-7-9-14(18-2)10-8-13/h3-10H,11H2,1-2H3. The van der Waals surface area contributed by atoms with Gasteiger partial charge in [0.2, 0.25) is 0 Å². The van der Waals surface area contributed by atoms with Crippen LogP contribution in [-0.4, -0.2) is 7.11 Å². The highest BCUT2D eigenvalue weighted by Gasteiger charge is 2.10. The number of ether oxygens (including phenoxy) is 1. The van der Waals surface area contributed by atoms with Crippen LogP contribution in [0.15, 0.2) is 52.9 Å². The molecule has 0 fully saturated rings. The van der Waals surface area contributed by atoms with Crippen molar-refractivity contribution in [3.05, 3.63) is 65.6 Å². The molecule has 0 N–H and O–H groups in total. The number of hydrogen-bond acceptors (Lipinski definition) is 2. The molecule has 0 aliphatic heterocycles. The number of hydrogen-bond donors (Lipinski definition) is 0. The summed E-state index contributed by atoms with van der Waals surface area (Å²) in [5.41, 5.74) is 1.22. The van der Waals surface area contributed by atoms with Gasteiger partial charge in [-0.3, -0.25) is 0 Å². The van der Waals surface area contributed by atoms with Gasteiger partial charge in [-0.25, -0.2) is 0 Å². The van der Waals surface area contributed by atoms with Crippen LogP contribution in [0.4, 0.5) is 0 Å². The summed E-state index contributed by atoms with van der Waals surface area (Å²) in [6.07, 6.45) is 0.804. The van der Waals surface area contributed by atoms with E-state index in [-0.39, 0.29) is 0 Å². The fourth-order valence-electron chi connectivity index (χ4n) is 2.39. The van der Waals surface area contributed by atoms with Crippen LogP contribution in [-0.2, 0) is 6.42 Å². The van der Waals surface area contributed by atoms with E-state index < -0.39 is 0 Å². The number of fused-ring (bicyclic) bond motifs is 1. The average Bonchev–Trinajstić information content (AvgIpc) is 2.77. The lowest BCUT2D eigenvalue weighted by Gasteiger charge is -2.02. The van der Waals surface area contributed by atoms with Gasteiger partial charge in [-0.05, 0) is 24.6 Å². The van der Waals surface area contributed by atoms with Crippen LogP contribution < -0.4 is 4.74 Å². The summed E-state index contributed by atoms with van der Waals surface area (Å²) in [4.78, 5) is 0. The highest BCUT2D eigenvalue weighted by Crippen LogP contribution is 2.27. The van der Waals surface area contributed by atoms with Gasteiger partial charge in [0.15, 0.2) is 0 Å². The van der Waals surface area contributed by atoms with E-state index >= 15 is 0 Å². The predicted octanol–water partition coefficient (Wildman–Crippen LogP) is 4.34. The molecule has 2 nitrogen and oxygen atoms in total. The number of furan rings is 1. The van der Waals surface area contributed by atoms with Crippen molar-refractivity contribution in [1.29, 1.82) is 0 Å². The zero-order valence-electron chi connectivity index (χ0n) is 11.1. The summed E-state index contributed by atoms with van der Waals surface area (Å²) >= 11 is 0. The van der Waals surface area contributed by atoms with Crippen molar-refractivity contribution >= 4 is 10.8 Å². The van der Waals surface area contributed by atoms with Crippen molar-refractivity contribution in [3.8, 4) is 5.75 Å². The van der Waals surface area contributed by atoms with Gasteiger partial charge in [0.25, 0.3) is 0 Å². The van der Waals surface area contributed by atoms with Gasteiger partial charge in [0.1, 0.15) is 17.3 Å². The van der Waals surface area contributed by atoms with E-state index in [2.05, 4.69) is 30.3 Å². The van der Waals surface area contributed by atoms with Crippen LogP contribution in [0.1, 0.15) is 17.1 Å². The molecule has 0 aliphatic rings. The van der Waals surface area contributed by atoms with Crippen molar-refractivity contribution in [1.82, 2.24) is 0 Å². The van der Waals surface area contributed by atoms with Gasteiger partial charge in [0, 0.05) is 17.2 Å². The van der Waals surface area contributed by atoms with Gasteiger partial charge in [-0.2, -0.15) is 0 Å². The summed E-state index contributed by atoms with van der Waals surface area (Å²) in [6.45, 7) is 2.01. The Kier molecular flexibility index (Phi) is 3.00. The first-order valence-corrected chi connectivity index (χ1v) is 6.38. The second kappa shape index (κ2) is 4.81. The summed E-state index contributed by atoms with van der Waals surface area (Å²) in [7, 11) is 1.68. The molecule has 1 heterocycles. The largest absolute Gasteiger partial charge is 0.497 e. The molecule has 19 heavy (non-hydrogen) atoms. The maximum atomic E-state index is 5.89. The molecule has 0 atom stereocenters. The molecule has 0 bridgehead atoms. The Morgan fingerprint density at radius 1 is 0.947 bits per heavy atom. The van der Waals surface area contributed by atoms with Gasteiger partial charge < -0.3 is 9.15 Å². The number of aryl methyl sites for hydroxylation is 1. The summed E-state index contributed by atoms with van der Waals surface area (Å²) in [5.74, 6) is 2.89. The van der Waals surface area contributed by atoms with Gasteiger partial charge in [-0.15, -0.1) is 0 Å². The van der Waals surface area contributed by atoms with E-state index in [0.717, 1.165) is 23.7 Å². The van der Waals surface area contributed by atoms with E-state index in [0.29, 0.717) is 0 Å². The first-order valence-electron chi connectivity index (χ1n) is 6.38. The molecule has 2 aromatic carbocycles.